The van der Waals surface area contributed by atoms with E-state index in [1.165, 1.54) is 0 Å². The highest BCUT2D eigenvalue weighted by atomic mass is 16.7. The summed E-state index contributed by atoms with van der Waals surface area (Å²) in [4.78, 5) is 19.1. The molecule has 1 aromatic rings. The van der Waals surface area contributed by atoms with E-state index < -0.39 is 0 Å². The summed E-state index contributed by atoms with van der Waals surface area (Å²) in [5, 5.41) is 1.85. The molecule has 0 aliphatic carbocycles. The smallest absolute Gasteiger partial charge is 0.253 e. The van der Waals surface area contributed by atoms with Crippen molar-refractivity contribution in [2.75, 3.05) is 39.0 Å². The van der Waals surface area contributed by atoms with E-state index in [-0.39, 0.29) is 5.91 Å². The second-order valence-electron chi connectivity index (χ2n) is 4.03. The molecule has 0 spiro atoms. The van der Waals surface area contributed by atoms with Crippen molar-refractivity contribution in [3.63, 3.8) is 0 Å². The number of hydrogen-bond donors (Lipinski definition) is 1. The largest absolute Gasteiger partial charge is 0.399 e. The molecule has 1 aliphatic rings. The Kier molecular flexibility index (Phi) is 3.61. The molecule has 1 aliphatic heterocycles. The molecule has 1 aromatic carbocycles. The molecule has 5 nitrogen and oxygen atoms in total. The van der Waals surface area contributed by atoms with Crippen LogP contribution in [-0.2, 0) is 4.84 Å². The number of carbonyl (C=O) groups is 1. The number of nitrogen functional groups attached to an aromatic ring is 1. The van der Waals surface area contributed by atoms with Crippen LogP contribution in [0.25, 0.3) is 0 Å². The van der Waals surface area contributed by atoms with Gasteiger partial charge in [0.1, 0.15) is 0 Å². The maximum Gasteiger partial charge on any atom is 0.253 e. The van der Waals surface area contributed by atoms with Gasteiger partial charge in [-0.15, -0.1) is 0 Å². The number of amides is 1. The van der Waals surface area contributed by atoms with Gasteiger partial charge in [0, 0.05) is 37.4 Å². The third kappa shape index (κ3) is 2.75. The molecule has 5 heteroatoms. The quantitative estimate of drug-likeness (QED) is 0.762. The number of rotatable bonds is 2. The summed E-state index contributed by atoms with van der Waals surface area (Å²) in [5.74, 6) is 0.0563. The Labute approximate surface area is 101 Å². The zero-order valence-corrected chi connectivity index (χ0v) is 9.93. The molecular formula is C12H17N3O2. The van der Waals surface area contributed by atoms with Gasteiger partial charge in [-0.3, -0.25) is 4.79 Å². The van der Waals surface area contributed by atoms with Gasteiger partial charge < -0.3 is 15.5 Å². The van der Waals surface area contributed by atoms with Crippen LogP contribution in [0.5, 0.6) is 0 Å². The maximum atomic E-state index is 12.1. The van der Waals surface area contributed by atoms with Crippen LogP contribution in [0.3, 0.4) is 0 Å². The SMILES string of the molecule is CON1CCN(C(=O)c2ccc(N)cc2)CC1. The lowest BCUT2D eigenvalue weighted by molar-refractivity contribution is -0.147. The third-order valence-corrected chi connectivity index (χ3v) is 2.94. The van der Waals surface area contributed by atoms with Gasteiger partial charge in [-0.1, -0.05) is 0 Å². The van der Waals surface area contributed by atoms with Crippen molar-refractivity contribution in [3.8, 4) is 0 Å². The summed E-state index contributed by atoms with van der Waals surface area (Å²) in [6, 6.07) is 7.03. The summed E-state index contributed by atoms with van der Waals surface area (Å²) in [6.07, 6.45) is 0. The van der Waals surface area contributed by atoms with E-state index in [4.69, 9.17) is 10.6 Å². The Hall–Kier alpha value is -1.59. The molecule has 1 amide bonds. The minimum atomic E-state index is 0.0563. The Bertz CT molecular complexity index is 383. The summed E-state index contributed by atoms with van der Waals surface area (Å²) in [7, 11) is 1.65. The van der Waals surface area contributed by atoms with Crippen molar-refractivity contribution in [1.82, 2.24) is 9.96 Å². The Morgan fingerprint density at radius 3 is 2.29 bits per heavy atom. The average Bonchev–Trinajstić information content (AvgIpc) is 2.39. The van der Waals surface area contributed by atoms with E-state index in [9.17, 15) is 4.79 Å². The number of hydroxylamine groups is 2. The van der Waals surface area contributed by atoms with Gasteiger partial charge in [-0.2, -0.15) is 5.06 Å². The number of carbonyl (C=O) groups excluding carboxylic acids is 1. The van der Waals surface area contributed by atoms with Gasteiger partial charge in [-0.05, 0) is 24.3 Å². The highest BCUT2D eigenvalue weighted by molar-refractivity contribution is 5.94. The fourth-order valence-corrected chi connectivity index (χ4v) is 1.88. The van der Waals surface area contributed by atoms with Crippen LogP contribution in [0.1, 0.15) is 10.4 Å². The normalized spacial score (nSPS) is 17.1. The first-order valence-electron chi connectivity index (χ1n) is 5.64. The van der Waals surface area contributed by atoms with Crippen LogP contribution in [0.4, 0.5) is 5.69 Å². The molecule has 0 saturated carbocycles. The fourth-order valence-electron chi connectivity index (χ4n) is 1.88. The molecule has 17 heavy (non-hydrogen) atoms. The van der Waals surface area contributed by atoms with Crippen LogP contribution in [0, 0.1) is 0 Å². The Morgan fingerprint density at radius 1 is 1.18 bits per heavy atom. The number of anilines is 1. The van der Waals surface area contributed by atoms with Crippen LogP contribution < -0.4 is 5.73 Å². The topological polar surface area (TPSA) is 58.8 Å². The molecule has 1 fully saturated rings. The molecule has 2 rings (SSSR count). The Balaban J connectivity index is 1.99. The highest BCUT2D eigenvalue weighted by Crippen LogP contribution is 2.11. The van der Waals surface area contributed by atoms with E-state index in [1.54, 1.807) is 31.4 Å². The van der Waals surface area contributed by atoms with Crippen molar-refractivity contribution in [1.29, 1.82) is 0 Å². The van der Waals surface area contributed by atoms with Gasteiger partial charge in [0.2, 0.25) is 0 Å². The van der Waals surface area contributed by atoms with Crippen molar-refractivity contribution >= 4 is 11.6 Å². The van der Waals surface area contributed by atoms with Crippen molar-refractivity contribution in [2.45, 2.75) is 0 Å². The lowest BCUT2D eigenvalue weighted by atomic mass is 10.1. The number of nitrogens with zero attached hydrogens (tertiary/aromatic N) is 2. The van der Waals surface area contributed by atoms with Gasteiger partial charge in [0.25, 0.3) is 5.91 Å². The average molecular weight is 235 g/mol. The number of nitrogens with two attached hydrogens (primary N) is 1. The number of benzene rings is 1. The minimum absolute atomic E-state index is 0.0563. The van der Waals surface area contributed by atoms with Crippen LogP contribution in [0.2, 0.25) is 0 Å². The lowest BCUT2D eigenvalue weighted by Gasteiger charge is -2.33. The first-order chi connectivity index (χ1) is 8.20. The minimum Gasteiger partial charge on any atom is -0.399 e. The molecule has 0 bridgehead atoms. The molecule has 1 saturated heterocycles. The monoisotopic (exact) mass is 235 g/mol. The molecule has 2 N–H and O–H groups in total. The first-order valence-corrected chi connectivity index (χ1v) is 5.64. The summed E-state index contributed by atoms with van der Waals surface area (Å²) < 4.78 is 0. The van der Waals surface area contributed by atoms with Crippen molar-refractivity contribution in [2.24, 2.45) is 0 Å². The van der Waals surface area contributed by atoms with Crippen LogP contribution >= 0.6 is 0 Å². The molecular weight excluding hydrogens is 218 g/mol. The highest BCUT2D eigenvalue weighted by Gasteiger charge is 2.21. The van der Waals surface area contributed by atoms with Crippen molar-refractivity contribution < 1.29 is 9.63 Å². The van der Waals surface area contributed by atoms with Crippen LogP contribution in [0.15, 0.2) is 24.3 Å². The molecule has 0 radical (unpaired) electrons. The van der Waals surface area contributed by atoms with Gasteiger partial charge in [-0.25, -0.2) is 0 Å². The van der Waals surface area contributed by atoms with E-state index in [0.717, 1.165) is 13.1 Å². The molecule has 0 unspecified atom stereocenters. The fraction of sp³-hybridized carbons (Fsp3) is 0.417. The molecule has 92 valence electrons. The van der Waals surface area contributed by atoms with Crippen molar-refractivity contribution in [3.05, 3.63) is 29.8 Å². The molecule has 1 heterocycles. The van der Waals surface area contributed by atoms with Gasteiger partial charge in [0.15, 0.2) is 0 Å². The van der Waals surface area contributed by atoms with Gasteiger partial charge in [0.05, 0.1) is 7.11 Å². The standard InChI is InChI=1S/C12H17N3O2/c1-17-15-8-6-14(7-9-15)12(16)10-2-4-11(13)5-3-10/h2-5H,6-9,13H2,1H3. The summed E-state index contributed by atoms with van der Waals surface area (Å²) in [5.41, 5.74) is 6.95. The molecule has 0 atom stereocenters. The second-order valence-corrected chi connectivity index (χ2v) is 4.03. The van der Waals surface area contributed by atoms with E-state index >= 15 is 0 Å². The third-order valence-electron chi connectivity index (χ3n) is 2.94. The number of piperazine rings is 1. The molecule has 0 aromatic heterocycles. The van der Waals surface area contributed by atoms with Crippen LogP contribution in [-0.4, -0.2) is 49.2 Å². The zero-order valence-electron chi connectivity index (χ0n) is 9.93. The maximum absolute atomic E-state index is 12.1. The predicted octanol–water partition coefficient (Wildman–Crippen LogP) is 0.588. The summed E-state index contributed by atoms with van der Waals surface area (Å²) in [6.45, 7) is 2.88. The first kappa shape index (κ1) is 11.9. The number of hydrogen-bond acceptors (Lipinski definition) is 4. The van der Waals surface area contributed by atoms with E-state index in [0.29, 0.717) is 24.3 Å². The lowest BCUT2D eigenvalue weighted by Crippen LogP contribution is -2.48. The van der Waals surface area contributed by atoms with E-state index in [1.807, 2.05) is 9.96 Å². The van der Waals surface area contributed by atoms with Gasteiger partial charge >= 0.3 is 0 Å². The predicted molar refractivity (Wildman–Crippen MR) is 65.3 cm³/mol. The Morgan fingerprint density at radius 2 is 1.76 bits per heavy atom. The zero-order chi connectivity index (χ0) is 12.3. The second kappa shape index (κ2) is 5.16. The van der Waals surface area contributed by atoms with E-state index in [2.05, 4.69) is 0 Å². The summed E-state index contributed by atoms with van der Waals surface area (Å²) >= 11 is 0.